The molecule has 1 fully saturated rings. The van der Waals surface area contributed by atoms with Crippen molar-refractivity contribution in [1.29, 1.82) is 0 Å². The molecule has 204 valence electrons. The van der Waals surface area contributed by atoms with Gasteiger partial charge in [-0.2, -0.15) is 0 Å². The molecule has 0 aliphatic carbocycles. The molecular weight excluding hydrogens is 498 g/mol. The summed E-state index contributed by atoms with van der Waals surface area (Å²) in [7, 11) is 0. The standard InChI is InChI=1S/C30H33N3O6/c1-5-18(2)28(36)39-29(3,4)30(16-21-11-19-7-8-27(35)37-23(19)14-24(21)38-30)15-20-12-25(31)32-17-22(20)13-26(34)33-9-6-10-33/h5,7-8,11-12,14,17H,6,9-10,13,15-16H2,1-4H3,(H2,31,32)/b18-5+/t30-/m0/s1. The zero-order chi connectivity index (χ0) is 27.9. The van der Waals surface area contributed by atoms with E-state index in [2.05, 4.69) is 4.98 Å². The zero-order valence-corrected chi connectivity index (χ0v) is 22.7. The Labute approximate surface area is 226 Å². The van der Waals surface area contributed by atoms with Gasteiger partial charge >= 0.3 is 11.6 Å². The summed E-state index contributed by atoms with van der Waals surface area (Å²) in [5.74, 6) is 0.460. The first-order valence-electron chi connectivity index (χ1n) is 13.1. The number of anilines is 1. The van der Waals surface area contributed by atoms with Crippen molar-refractivity contribution < 1.29 is 23.5 Å². The smallest absolute Gasteiger partial charge is 0.336 e. The lowest BCUT2D eigenvalue weighted by molar-refractivity contribution is -0.174. The molecule has 2 N–H and O–H groups in total. The Bertz CT molecular complexity index is 1550. The van der Waals surface area contributed by atoms with E-state index in [4.69, 9.17) is 19.6 Å². The summed E-state index contributed by atoms with van der Waals surface area (Å²) in [5, 5.41) is 0.765. The van der Waals surface area contributed by atoms with Crippen molar-refractivity contribution >= 4 is 28.7 Å². The highest BCUT2D eigenvalue weighted by Crippen LogP contribution is 2.46. The minimum Gasteiger partial charge on any atom is -0.482 e. The molecule has 5 rings (SSSR count). The van der Waals surface area contributed by atoms with Gasteiger partial charge in [0.25, 0.3) is 0 Å². The molecule has 0 saturated carbocycles. The summed E-state index contributed by atoms with van der Waals surface area (Å²) >= 11 is 0. The van der Waals surface area contributed by atoms with Gasteiger partial charge in [0.05, 0.1) is 6.42 Å². The lowest BCUT2D eigenvalue weighted by atomic mass is 9.76. The number of nitrogen functional groups attached to an aromatic ring is 1. The van der Waals surface area contributed by atoms with E-state index in [-0.39, 0.29) is 12.3 Å². The molecule has 4 heterocycles. The van der Waals surface area contributed by atoms with Crippen LogP contribution in [-0.2, 0) is 33.6 Å². The fourth-order valence-electron chi connectivity index (χ4n) is 5.12. The first kappa shape index (κ1) is 26.5. The molecule has 1 saturated heterocycles. The van der Waals surface area contributed by atoms with Crippen molar-refractivity contribution in [3.05, 3.63) is 75.3 Å². The van der Waals surface area contributed by atoms with Gasteiger partial charge in [0.1, 0.15) is 22.8 Å². The molecule has 1 amide bonds. The Hall–Kier alpha value is -4.14. The van der Waals surface area contributed by atoms with Crippen LogP contribution in [0.2, 0.25) is 0 Å². The average Bonchev–Trinajstić information content (AvgIpc) is 3.21. The first-order chi connectivity index (χ1) is 18.5. The molecule has 39 heavy (non-hydrogen) atoms. The number of ether oxygens (including phenoxy) is 2. The molecule has 0 spiro atoms. The van der Waals surface area contributed by atoms with Crippen molar-refractivity contribution in [3.63, 3.8) is 0 Å². The van der Waals surface area contributed by atoms with Gasteiger partial charge in [-0.05, 0) is 69.0 Å². The van der Waals surface area contributed by atoms with Crippen molar-refractivity contribution in [2.45, 2.75) is 64.6 Å². The lowest BCUT2D eigenvalue weighted by Crippen LogP contribution is -2.58. The summed E-state index contributed by atoms with van der Waals surface area (Å²) in [6.45, 7) is 8.66. The minimum atomic E-state index is -1.11. The third kappa shape index (κ3) is 5.01. The number of nitrogens with zero attached hydrogens (tertiary/aromatic N) is 2. The van der Waals surface area contributed by atoms with Crippen LogP contribution in [0.25, 0.3) is 11.0 Å². The number of hydrogen-bond acceptors (Lipinski definition) is 8. The molecule has 0 bridgehead atoms. The Balaban J connectivity index is 1.57. The number of benzene rings is 1. The van der Waals surface area contributed by atoms with Crippen LogP contribution in [-0.4, -0.2) is 46.1 Å². The molecule has 0 radical (unpaired) electrons. The normalized spacial score (nSPS) is 18.9. The van der Waals surface area contributed by atoms with Crippen molar-refractivity contribution in [2.75, 3.05) is 18.8 Å². The van der Waals surface area contributed by atoms with Gasteiger partial charge in [0.2, 0.25) is 5.91 Å². The van der Waals surface area contributed by atoms with Crippen molar-refractivity contribution in [3.8, 4) is 5.75 Å². The van der Waals surface area contributed by atoms with Gasteiger partial charge in [-0.15, -0.1) is 0 Å². The second kappa shape index (κ2) is 9.87. The van der Waals surface area contributed by atoms with Crippen molar-refractivity contribution in [2.24, 2.45) is 0 Å². The van der Waals surface area contributed by atoms with E-state index < -0.39 is 22.8 Å². The fourth-order valence-corrected chi connectivity index (χ4v) is 5.12. The number of hydrogen-bond donors (Lipinski definition) is 1. The number of fused-ring (bicyclic) bond motifs is 2. The third-order valence-corrected chi connectivity index (χ3v) is 7.91. The van der Waals surface area contributed by atoms with E-state index in [9.17, 15) is 14.4 Å². The highest BCUT2D eigenvalue weighted by atomic mass is 16.6. The minimum absolute atomic E-state index is 0.0365. The van der Waals surface area contributed by atoms with Gasteiger partial charge in [0.15, 0.2) is 5.60 Å². The predicted octanol–water partition coefficient (Wildman–Crippen LogP) is 3.75. The van der Waals surface area contributed by atoms with Crippen LogP contribution in [0.5, 0.6) is 5.75 Å². The van der Waals surface area contributed by atoms with Gasteiger partial charge < -0.3 is 24.5 Å². The topological polar surface area (TPSA) is 125 Å². The molecule has 9 heteroatoms. The number of allylic oxidation sites excluding steroid dienone is 1. The molecule has 3 aromatic rings. The monoisotopic (exact) mass is 531 g/mol. The van der Waals surface area contributed by atoms with Gasteiger partial charge in [-0.25, -0.2) is 14.6 Å². The quantitative estimate of drug-likeness (QED) is 0.278. The van der Waals surface area contributed by atoms with Crippen LogP contribution >= 0.6 is 0 Å². The third-order valence-electron chi connectivity index (χ3n) is 7.91. The number of likely N-dealkylation sites (tertiary alicyclic amines) is 1. The maximum absolute atomic E-state index is 12.9. The number of carbonyl (C=O) groups excluding carboxylic acids is 2. The molecule has 2 aliphatic heterocycles. The van der Waals surface area contributed by atoms with Crippen LogP contribution < -0.4 is 16.1 Å². The summed E-state index contributed by atoms with van der Waals surface area (Å²) in [6.07, 6.45) is 5.25. The Kier molecular flexibility index (Phi) is 6.70. The maximum atomic E-state index is 12.9. The number of pyridine rings is 1. The zero-order valence-electron chi connectivity index (χ0n) is 22.7. The molecular formula is C30H33N3O6. The largest absolute Gasteiger partial charge is 0.482 e. The summed E-state index contributed by atoms with van der Waals surface area (Å²) in [4.78, 5) is 43.7. The van der Waals surface area contributed by atoms with Crippen LogP contribution in [0.4, 0.5) is 5.82 Å². The molecule has 1 atom stereocenters. The highest BCUT2D eigenvalue weighted by Gasteiger charge is 2.54. The Morgan fingerprint density at radius 1 is 1.21 bits per heavy atom. The molecule has 2 aliphatic rings. The molecule has 0 unspecified atom stereocenters. The second-order valence-corrected chi connectivity index (χ2v) is 10.9. The maximum Gasteiger partial charge on any atom is 0.336 e. The molecule has 1 aromatic carbocycles. The lowest BCUT2D eigenvalue weighted by Gasteiger charge is -2.43. The average molecular weight is 532 g/mol. The SMILES string of the molecule is C/C=C(\C)C(=O)OC(C)(C)[C@]1(Cc2cc(N)ncc2CC(=O)N2CCC2)Cc2cc3ccc(=O)oc3cc2O1. The van der Waals surface area contributed by atoms with Crippen LogP contribution in [0.1, 0.15) is 50.8 Å². The number of amides is 1. The number of rotatable bonds is 7. The van der Waals surface area contributed by atoms with Crippen LogP contribution in [0.15, 0.2) is 57.4 Å². The summed E-state index contributed by atoms with van der Waals surface area (Å²) in [6, 6.07) is 8.49. The molecule has 9 nitrogen and oxygen atoms in total. The first-order valence-corrected chi connectivity index (χ1v) is 13.1. The number of aromatic nitrogens is 1. The predicted molar refractivity (Wildman–Crippen MR) is 146 cm³/mol. The highest BCUT2D eigenvalue weighted by molar-refractivity contribution is 5.88. The van der Waals surface area contributed by atoms with E-state index in [0.717, 1.165) is 41.6 Å². The van der Waals surface area contributed by atoms with Gasteiger partial charge in [0, 0.05) is 55.2 Å². The van der Waals surface area contributed by atoms with E-state index in [1.54, 1.807) is 44.3 Å². The Morgan fingerprint density at radius 3 is 2.67 bits per heavy atom. The second-order valence-electron chi connectivity index (χ2n) is 10.9. The van der Waals surface area contributed by atoms with E-state index in [1.165, 1.54) is 6.07 Å². The summed E-state index contributed by atoms with van der Waals surface area (Å²) < 4.78 is 18.2. The number of nitrogens with two attached hydrogens (primary N) is 1. The van der Waals surface area contributed by atoms with E-state index in [0.29, 0.717) is 35.6 Å². The van der Waals surface area contributed by atoms with Gasteiger partial charge in [-0.1, -0.05) is 6.08 Å². The van der Waals surface area contributed by atoms with Crippen LogP contribution in [0, 0.1) is 0 Å². The van der Waals surface area contributed by atoms with Crippen molar-refractivity contribution in [1.82, 2.24) is 9.88 Å². The number of carbonyl (C=O) groups is 2. The van der Waals surface area contributed by atoms with Gasteiger partial charge in [-0.3, -0.25) is 4.79 Å². The molecule has 2 aromatic heterocycles. The summed E-state index contributed by atoms with van der Waals surface area (Å²) in [5.41, 5.74) is 6.81. The van der Waals surface area contributed by atoms with E-state index >= 15 is 0 Å². The number of esters is 1. The van der Waals surface area contributed by atoms with Crippen LogP contribution in [0.3, 0.4) is 0 Å². The Morgan fingerprint density at radius 2 is 1.97 bits per heavy atom. The fraction of sp³-hybridized carbons (Fsp3) is 0.400. The van der Waals surface area contributed by atoms with E-state index in [1.807, 2.05) is 24.8 Å².